The van der Waals surface area contributed by atoms with Gasteiger partial charge in [-0.15, -0.1) is 0 Å². The second-order valence-electron chi connectivity index (χ2n) is 12.3. The number of nitrogens with zero attached hydrogens (tertiary/aromatic N) is 2. The van der Waals surface area contributed by atoms with Crippen molar-refractivity contribution in [3.8, 4) is 0 Å². The highest BCUT2D eigenvalue weighted by Crippen LogP contribution is 2.18. The van der Waals surface area contributed by atoms with E-state index >= 15 is 0 Å². The molecule has 2 bridgehead atoms. The summed E-state index contributed by atoms with van der Waals surface area (Å²) in [4.78, 5) is 60.2. The Kier molecular flexibility index (Phi) is 10.6. The van der Waals surface area contributed by atoms with Gasteiger partial charge in [0.15, 0.2) is 0 Å². The van der Waals surface area contributed by atoms with E-state index in [2.05, 4.69) is 26.3 Å². The van der Waals surface area contributed by atoms with Crippen LogP contribution in [0.4, 0.5) is 0 Å². The molecule has 1 aromatic heterocycles. The van der Waals surface area contributed by atoms with Gasteiger partial charge in [0, 0.05) is 32.0 Å². The SMILES string of the molecule is CC(C)[C@H]1NC(=O)c2cncc(c2)CCCNC(=O)CN(C(=O)[C@H]2Cc3ccccc3CN2)CC(Cc2ccccc2)NC1=O. The van der Waals surface area contributed by atoms with Crippen molar-refractivity contribution in [1.82, 2.24) is 31.2 Å². The fourth-order valence-electron chi connectivity index (χ4n) is 5.96. The van der Waals surface area contributed by atoms with Crippen LogP contribution in [0.3, 0.4) is 0 Å². The third-order valence-corrected chi connectivity index (χ3v) is 8.39. The smallest absolute Gasteiger partial charge is 0.253 e. The van der Waals surface area contributed by atoms with Gasteiger partial charge >= 0.3 is 0 Å². The lowest BCUT2D eigenvalue weighted by Gasteiger charge is -2.34. The standard InChI is InChI=1S/C35H42N6O4/c1-23(2)32-34(44)39-29(16-24-9-4-3-5-10-24)21-41(35(45)30-17-26-12-6-7-13-27(26)20-38-30)22-31(42)37-14-8-11-25-15-28(19-36-18-25)33(43)40-32/h3-7,9-10,12-13,15,18-19,23,29-30,32,38H,8,11,14,16-17,20-22H2,1-2H3,(H,37,42)(H,39,44)(H,40,43)/t29?,30-,32-/m1/s1. The predicted octanol–water partition coefficient (Wildman–Crippen LogP) is 2.17. The van der Waals surface area contributed by atoms with Gasteiger partial charge in [-0.05, 0) is 59.9 Å². The predicted molar refractivity (Wildman–Crippen MR) is 171 cm³/mol. The van der Waals surface area contributed by atoms with E-state index in [0.717, 1.165) is 22.3 Å². The van der Waals surface area contributed by atoms with Crippen LogP contribution in [-0.4, -0.2) is 71.3 Å². The van der Waals surface area contributed by atoms with Crippen LogP contribution in [0.2, 0.25) is 0 Å². The number of hydrogen-bond donors (Lipinski definition) is 4. The highest BCUT2D eigenvalue weighted by molar-refractivity contribution is 5.97. The lowest BCUT2D eigenvalue weighted by Crippen LogP contribution is -2.58. The van der Waals surface area contributed by atoms with E-state index in [1.54, 1.807) is 17.2 Å². The number of nitrogens with one attached hydrogen (secondary N) is 4. The number of rotatable bonds is 4. The molecule has 3 aromatic rings. The molecule has 0 aliphatic carbocycles. The molecule has 0 saturated heterocycles. The molecule has 1 unspecified atom stereocenters. The molecule has 0 fully saturated rings. The van der Waals surface area contributed by atoms with Gasteiger partial charge in [0.25, 0.3) is 5.91 Å². The number of hydrogen-bond acceptors (Lipinski definition) is 6. The van der Waals surface area contributed by atoms with Crippen molar-refractivity contribution in [3.63, 3.8) is 0 Å². The van der Waals surface area contributed by atoms with Crippen molar-refractivity contribution < 1.29 is 19.2 Å². The molecule has 4 N–H and O–H groups in total. The summed E-state index contributed by atoms with van der Waals surface area (Å²) in [6, 6.07) is 17.7. The van der Waals surface area contributed by atoms with Crippen molar-refractivity contribution in [3.05, 3.63) is 101 Å². The van der Waals surface area contributed by atoms with Crippen LogP contribution >= 0.6 is 0 Å². The summed E-state index contributed by atoms with van der Waals surface area (Å²) in [5.41, 5.74) is 4.46. The van der Waals surface area contributed by atoms with Gasteiger partial charge in [0.05, 0.1) is 24.2 Å². The molecule has 0 radical (unpaired) electrons. The molecular weight excluding hydrogens is 568 g/mol. The van der Waals surface area contributed by atoms with Crippen molar-refractivity contribution in [2.24, 2.45) is 5.92 Å². The number of pyridine rings is 1. The summed E-state index contributed by atoms with van der Waals surface area (Å²) in [6.07, 6.45) is 5.38. The molecule has 4 amide bonds. The van der Waals surface area contributed by atoms with Crippen LogP contribution in [-0.2, 0) is 40.2 Å². The summed E-state index contributed by atoms with van der Waals surface area (Å²) in [6.45, 7) is 4.70. The summed E-state index contributed by atoms with van der Waals surface area (Å²) in [7, 11) is 0. The number of aromatic nitrogens is 1. The Morgan fingerprint density at radius 1 is 0.978 bits per heavy atom. The second-order valence-corrected chi connectivity index (χ2v) is 12.3. The Morgan fingerprint density at radius 3 is 2.51 bits per heavy atom. The zero-order chi connectivity index (χ0) is 31.8. The van der Waals surface area contributed by atoms with E-state index in [-0.39, 0.29) is 42.6 Å². The molecule has 0 spiro atoms. The molecule has 45 heavy (non-hydrogen) atoms. The maximum absolute atomic E-state index is 14.1. The number of benzene rings is 2. The quantitative estimate of drug-likeness (QED) is 0.358. The first-order chi connectivity index (χ1) is 21.8. The Balaban J connectivity index is 1.44. The van der Waals surface area contributed by atoms with Crippen LogP contribution in [0.15, 0.2) is 73.1 Å². The summed E-state index contributed by atoms with van der Waals surface area (Å²) in [5.74, 6) is -1.40. The largest absolute Gasteiger partial charge is 0.355 e. The van der Waals surface area contributed by atoms with Crippen LogP contribution in [0.5, 0.6) is 0 Å². The van der Waals surface area contributed by atoms with Crippen molar-refractivity contribution >= 4 is 23.6 Å². The highest BCUT2D eigenvalue weighted by atomic mass is 16.2. The van der Waals surface area contributed by atoms with Gasteiger partial charge < -0.3 is 26.2 Å². The average molecular weight is 611 g/mol. The number of carbonyl (C=O) groups excluding carboxylic acids is 4. The monoisotopic (exact) mass is 610 g/mol. The summed E-state index contributed by atoms with van der Waals surface area (Å²) < 4.78 is 0. The van der Waals surface area contributed by atoms with E-state index in [1.807, 2.05) is 68.4 Å². The van der Waals surface area contributed by atoms with Crippen molar-refractivity contribution in [2.45, 2.75) is 64.2 Å². The van der Waals surface area contributed by atoms with Gasteiger partial charge in [-0.25, -0.2) is 0 Å². The van der Waals surface area contributed by atoms with Gasteiger partial charge in [-0.3, -0.25) is 24.2 Å². The van der Waals surface area contributed by atoms with E-state index in [0.29, 0.717) is 44.3 Å². The Hall–Kier alpha value is -4.57. The van der Waals surface area contributed by atoms with Crippen LogP contribution in [0, 0.1) is 5.92 Å². The lowest BCUT2D eigenvalue weighted by molar-refractivity contribution is -0.138. The molecule has 236 valence electrons. The number of amides is 4. The first-order valence-electron chi connectivity index (χ1n) is 15.7. The van der Waals surface area contributed by atoms with Crippen molar-refractivity contribution in [2.75, 3.05) is 19.6 Å². The topological polar surface area (TPSA) is 133 Å². The first-order valence-corrected chi connectivity index (χ1v) is 15.7. The second kappa shape index (κ2) is 14.9. The molecule has 2 aliphatic rings. The van der Waals surface area contributed by atoms with Gasteiger partial charge in [-0.2, -0.15) is 0 Å². The fourth-order valence-corrected chi connectivity index (χ4v) is 5.96. The molecule has 3 heterocycles. The first kappa shape index (κ1) is 31.8. The Morgan fingerprint density at radius 2 is 1.73 bits per heavy atom. The molecule has 5 rings (SSSR count). The highest BCUT2D eigenvalue weighted by Gasteiger charge is 2.33. The van der Waals surface area contributed by atoms with Crippen molar-refractivity contribution in [1.29, 1.82) is 0 Å². The number of carbonyl (C=O) groups is 4. The maximum Gasteiger partial charge on any atom is 0.253 e. The third kappa shape index (κ3) is 8.54. The van der Waals surface area contributed by atoms with Gasteiger partial charge in [0.2, 0.25) is 17.7 Å². The third-order valence-electron chi connectivity index (χ3n) is 8.39. The van der Waals surface area contributed by atoms with Crippen LogP contribution in [0.25, 0.3) is 0 Å². The molecule has 0 saturated carbocycles. The van der Waals surface area contributed by atoms with E-state index in [4.69, 9.17) is 0 Å². The maximum atomic E-state index is 14.1. The Bertz CT molecular complexity index is 1510. The van der Waals surface area contributed by atoms with E-state index in [9.17, 15) is 19.2 Å². The van der Waals surface area contributed by atoms with Crippen LogP contribution < -0.4 is 21.3 Å². The normalized spacial score (nSPS) is 21.6. The molecule has 2 aliphatic heterocycles. The van der Waals surface area contributed by atoms with Gasteiger partial charge in [-0.1, -0.05) is 68.4 Å². The van der Waals surface area contributed by atoms with E-state index < -0.39 is 18.1 Å². The zero-order valence-corrected chi connectivity index (χ0v) is 25.9. The average Bonchev–Trinajstić information content (AvgIpc) is 3.04. The molecule has 3 atom stereocenters. The zero-order valence-electron chi connectivity index (χ0n) is 25.9. The summed E-state index contributed by atoms with van der Waals surface area (Å²) >= 11 is 0. The number of aryl methyl sites for hydroxylation is 1. The van der Waals surface area contributed by atoms with Gasteiger partial charge in [0.1, 0.15) is 6.04 Å². The minimum absolute atomic E-state index is 0.121. The summed E-state index contributed by atoms with van der Waals surface area (Å²) in [5, 5.41) is 12.3. The molecule has 10 nitrogen and oxygen atoms in total. The lowest BCUT2D eigenvalue weighted by atomic mass is 9.95. The van der Waals surface area contributed by atoms with E-state index in [1.165, 1.54) is 6.20 Å². The minimum atomic E-state index is -0.820. The molecule has 2 aromatic carbocycles. The van der Waals surface area contributed by atoms with Crippen LogP contribution in [0.1, 0.15) is 52.9 Å². The minimum Gasteiger partial charge on any atom is -0.355 e. The molecule has 10 heteroatoms. The fraction of sp³-hybridized carbons (Fsp3) is 0.400. The molecular formula is C35H42N6O4. The Labute approximate surface area is 264 Å². The number of fused-ring (bicyclic) bond motifs is 3.